The third-order valence-electron chi connectivity index (χ3n) is 7.62. The number of nitrogens with zero attached hydrogens (tertiary/aromatic N) is 1. The smallest absolute Gasteiger partial charge is 0.152 e. The number of aromatic nitrogens is 1. The molecule has 8 rings (SSSR count). The normalized spacial score (nSPS) is 11.7. The average molecular weight is 486 g/mol. The molecule has 0 saturated carbocycles. The van der Waals surface area contributed by atoms with Gasteiger partial charge in [-0.05, 0) is 79.5 Å². The summed E-state index contributed by atoms with van der Waals surface area (Å²) in [6.07, 6.45) is 0. The highest BCUT2D eigenvalue weighted by atomic mass is 16.3. The third-order valence-corrected chi connectivity index (χ3v) is 7.62. The SMILES string of the molecule is c1ccc(-n2c3ccccc3oc3cc4c5ccccc5c5ccccc5c5ccccc5c4cc32)cc1. The quantitative estimate of drug-likeness (QED) is 0.212. The zero-order chi connectivity index (χ0) is 25.1. The van der Waals surface area contributed by atoms with Gasteiger partial charge in [0, 0.05) is 5.69 Å². The molecule has 2 heteroatoms. The second-order valence-electron chi connectivity index (χ2n) is 9.74. The maximum absolute atomic E-state index is 6.60. The monoisotopic (exact) mass is 485 g/mol. The Morgan fingerprint density at radius 2 is 0.789 bits per heavy atom. The van der Waals surface area contributed by atoms with Gasteiger partial charge < -0.3 is 8.98 Å². The first-order chi connectivity index (χ1) is 18.9. The van der Waals surface area contributed by atoms with Gasteiger partial charge in [0.15, 0.2) is 11.2 Å². The molecule has 0 fully saturated rings. The van der Waals surface area contributed by atoms with E-state index in [4.69, 9.17) is 4.42 Å². The van der Waals surface area contributed by atoms with Crippen LogP contribution in [0, 0.1) is 0 Å². The molecule has 1 aromatic heterocycles. The van der Waals surface area contributed by atoms with Crippen LogP contribution in [0.2, 0.25) is 0 Å². The lowest BCUT2D eigenvalue weighted by atomic mass is 9.94. The summed E-state index contributed by atoms with van der Waals surface area (Å²) in [5.41, 5.74) is 4.89. The number of hydrogen-bond acceptors (Lipinski definition) is 1. The van der Waals surface area contributed by atoms with Crippen LogP contribution in [0.5, 0.6) is 0 Å². The van der Waals surface area contributed by atoms with Gasteiger partial charge in [-0.25, -0.2) is 0 Å². The van der Waals surface area contributed by atoms with E-state index in [2.05, 4.69) is 132 Å². The Morgan fingerprint density at radius 1 is 0.342 bits per heavy atom. The average Bonchev–Trinajstić information content (AvgIpc) is 2.99. The molecule has 0 atom stereocenters. The third kappa shape index (κ3) is 3.07. The van der Waals surface area contributed by atoms with Gasteiger partial charge in [-0.3, -0.25) is 0 Å². The fourth-order valence-corrected chi connectivity index (χ4v) is 5.96. The zero-order valence-electron chi connectivity index (χ0n) is 20.6. The van der Waals surface area contributed by atoms with Gasteiger partial charge in [0.1, 0.15) is 0 Å². The molecule has 2 nitrogen and oxygen atoms in total. The molecule has 0 amide bonds. The lowest BCUT2D eigenvalue weighted by molar-refractivity contribution is 0.654. The van der Waals surface area contributed by atoms with E-state index in [0.717, 1.165) is 27.9 Å². The molecule has 0 aliphatic rings. The fourth-order valence-electron chi connectivity index (χ4n) is 5.96. The van der Waals surface area contributed by atoms with Crippen molar-refractivity contribution >= 4 is 65.3 Å². The van der Waals surface area contributed by atoms with Crippen LogP contribution in [0.3, 0.4) is 0 Å². The van der Waals surface area contributed by atoms with Crippen LogP contribution < -0.4 is 0 Å². The predicted octanol–water partition coefficient (Wildman–Crippen LogP) is 10.1. The maximum atomic E-state index is 6.60. The highest BCUT2D eigenvalue weighted by Gasteiger charge is 2.14. The Morgan fingerprint density at radius 3 is 1.37 bits per heavy atom. The molecule has 0 saturated heterocycles. The fraction of sp³-hybridized carbons (Fsp3) is 0. The molecule has 1 heterocycles. The van der Waals surface area contributed by atoms with Crippen molar-refractivity contribution in [3.8, 4) is 5.69 Å². The van der Waals surface area contributed by atoms with Gasteiger partial charge in [-0.2, -0.15) is 0 Å². The summed E-state index contributed by atoms with van der Waals surface area (Å²) in [6, 6.07) is 49.6. The lowest BCUT2D eigenvalue weighted by Gasteiger charge is -2.17. The first kappa shape index (κ1) is 21.0. The number of hydrogen-bond donors (Lipinski definition) is 0. The van der Waals surface area contributed by atoms with Crippen molar-refractivity contribution in [2.45, 2.75) is 0 Å². The topological polar surface area (TPSA) is 18.1 Å². The summed E-state index contributed by atoms with van der Waals surface area (Å²) in [4.78, 5) is 0. The van der Waals surface area contributed by atoms with Crippen molar-refractivity contribution in [2.24, 2.45) is 0 Å². The van der Waals surface area contributed by atoms with Crippen molar-refractivity contribution in [1.29, 1.82) is 0 Å². The standard InChI is InChI=1S/C36H23NO/c1-2-12-24(13-3-1)37-33-20-10-11-21-35(33)38-36-23-32-30-19-9-7-17-28(30)26-15-5-4-14-25(26)27-16-6-8-18-29(27)31(32)22-34(36)37/h1-23H. The minimum atomic E-state index is 0.854. The van der Waals surface area contributed by atoms with E-state index in [1.54, 1.807) is 0 Å². The molecule has 0 aliphatic heterocycles. The molecule has 0 N–H and O–H groups in total. The number of rotatable bonds is 1. The Kier molecular flexibility index (Phi) is 4.55. The number of fused-ring (bicyclic) bond motifs is 10. The van der Waals surface area contributed by atoms with Crippen LogP contribution >= 0.6 is 0 Å². The molecule has 7 aromatic carbocycles. The van der Waals surface area contributed by atoms with E-state index in [1.807, 2.05) is 12.1 Å². The summed E-state index contributed by atoms with van der Waals surface area (Å²) in [7, 11) is 0. The highest BCUT2D eigenvalue weighted by molar-refractivity contribution is 6.27. The van der Waals surface area contributed by atoms with Crippen molar-refractivity contribution < 1.29 is 4.42 Å². The van der Waals surface area contributed by atoms with E-state index in [-0.39, 0.29) is 0 Å². The molecule has 0 radical (unpaired) electrons. The van der Waals surface area contributed by atoms with Crippen LogP contribution in [0.25, 0.3) is 71.0 Å². The van der Waals surface area contributed by atoms with Gasteiger partial charge >= 0.3 is 0 Å². The van der Waals surface area contributed by atoms with Crippen molar-refractivity contribution in [2.75, 3.05) is 0 Å². The van der Waals surface area contributed by atoms with Crippen molar-refractivity contribution in [1.82, 2.24) is 4.57 Å². The zero-order valence-corrected chi connectivity index (χ0v) is 20.6. The second-order valence-corrected chi connectivity index (χ2v) is 9.74. The molecule has 8 aromatic rings. The van der Waals surface area contributed by atoms with Crippen molar-refractivity contribution in [3.63, 3.8) is 0 Å². The predicted molar refractivity (Wildman–Crippen MR) is 161 cm³/mol. The molecule has 38 heavy (non-hydrogen) atoms. The Bertz CT molecular complexity index is 2230. The molecule has 178 valence electrons. The minimum Gasteiger partial charge on any atom is -0.453 e. The number of benzene rings is 6. The van der Waals surface area contributed by atoms with Gasteiger partial charge in [0.25, 0.3) is 0 Å². The summed E-state index contributed by atoms with van der Waals surface area (Å²) in [6.45, 7) is 0. The van der Waals surface area contributed by atoms with Crippen LogP contribution in [0.4, 0.5) is 0 Å². The summed E-state index contributed by atoms with van der Waals surface area (Å²) < 4.78 is 8.91. The van der Waals surface area contributed by atoms with Gasteiger partial charge in [-0.15, -0.1) is 0 Å². The van der Waals surface area contributed by atoms with E-state index >= 15 is 0 Å². The largest absolute Gasteiger partial charge is 0.453 e. The minimum absolute atomic E-state index is 0.854. The lowest BCUT2D eigenvalue weighted by Crippen LogP contribution is -1.99. The Balaban J connectivity index is 1.71. The van der Waals surface area contributed by atoms with E-state index in [1.165, 1.54) is 43.1 Å². The Labute approximate surface area is 219 Å². The van der Waals surface area contributed by atoms with Gasteiger partial charge in [-0.1, -0.05) is 103 Å². The summed E-state index contributed by atoms with van der Waals surface area (Å²) in [5, 5.41) is 9.77. The summed E-state index contributed by atoms with van der Waals surface area (Å²) >= 11 is 0. The molecular formula is C36H23NO. The molecule has 0 unspecified atom stereocenters. The van der Waals surface area contributed by atoms with Crippen molar-refractivity contribution in [3.05, 3.63) is 140 Å². The summed E-state index contributed by atoms with van der Waals surface area (Å²) in [5.74, 6) is 0. The first-order valence-corrected chi connectivity index (χ1v) is 13.0. The Hall–Kier alpha value is -5.08. The van der Waals surface area contributed by atoms with Crippen LogP contribution in [0.1, 0.15) is 0 Å². The van der Waals surface area contributed by atoms with Gasteiger partial charge in [0.05, 0.1) is 11.0 Å². The van der Waals surface area contributed by atoms with Gasteiger partial charge in [0.2, 0.25) is 0 Å². The molecule has 0 bridgehead atoms. The molecule has 0 aliphatic carbocycles. The number of para-hydroxylation sites is 3. The van der Waals surface area contributed by atoms with E-state index in [9.17, 15) is 0 Å². The van der Waals surface area contributed by atoms with Crippen LogP contribution in [-0.4, -0.2) is 4.57 Å². The van der Waals surface area contributed by atoms with Crippen LogP contribution in [0.15, 0.2) is 144 Å². The highest BCUT2D eigenvalue weighted by Crippen LogP contribution is 2.38. The maximum Gasteiger partial charge on any atom is 0.152 e. The second kappa shape index (κ2) is 8.22. The first-order valence-electron chi connectivity index (χ1n) is 13.0. The van der Waals surface area contributed by atoms with E-state index < -0.39 is 0 Å². The van der Waals surface area contributed by atoms with E-state index in [0.29, 0.717) is 0 Å². The molecule has 0 spiro atoms. The van der Waals surface area contributed by atoms with Crippen LogP contribution in [-0.2, 0) is 0 Å². The molecular weight excluding hydrogens is 462 g/mol.